The van der Waals surface area contributed by atoms with Crippen molar-refractivity contribution in [2.75, 3.05) is 17.2 Å². The number of pyridine rings is 1. The first-order valence-electron chi connectivity index (χ1n) is 11.0. The highest BCUT2D eigenvalue weighted by atomic mass is 16.3. The molecular weight excluding hydrogens is 418 g/mol. The molecule has 0 spiro atoms. The first-order chi connectivity index (χ1) is 16.0. The van der Waals surface area contributed by atoms with E-state index in [9.17, 15) is 10.2 Å². The molecular formula is C24H29N7O2. The molecule has 0 saturated carbocycles. The number of fused-ring (bicyclic) bond motifs is 1. The van der Waals surface area contributed by atoms with Crippen LogP contribution in [0.4, 0.5) is 11.9 Å². The molecule has 4 N–H and O–H groups in total. The Bertz CT molecular complexity index is 1190. The Hall–Kier alpha value is -3.56. The fourth-order valence-electron chi connectivity index (χ4n) is 3.46. The van der Waals surface area contributed by atoms with Crippen LogP contribution in [0.3, 0.4) is 0 Å². The lowest BCUT2D eigenvalue weighted by Gasteiger charge is -2.19. The Kier molecular flexibility index (Phi) is 6.81. The second-order valence-corrected chi connectivity index (χ2v) is 8.31. The minimum absolute atomic E-state index is 0.221. The van der Waals surface area contributed by atoms with Crippen LogP contribution in [0.25, 0.3) is 16.9 Å². The zero-order valence-electron chi connectivity index (χ0n) is 19.0. The molecule has 2 atom stereocenters. The van der Waals surface area contributed by atoms with Gasteiger partial charge in [-0.15, -0.1) is 0 Å². The molecule has 0 bridgehead atoms. The summed E-state index contributed by atoms with van der Waals surface area (Å²) in [6, 6.07) is 13.5. The van der Waals surface area contributed by atoms with Gasteiger partial charge in [-0.05, 0) is 24.5 Å². The van der Waals surface area contributed by atoms with Crippen LogP contribution >= 0.6 is 0 Å². The van der Waals surface area contributed by atoms with Crippen molar-refractivity contribution in [1.82, 2.24) is 24.6 Å². The van der Waals surface area contributed by atoms with E-state index in [1.165, 1.54) is 0 Å². The van der Waals surface area contributed by atoms with Crippen LogP contribution < -0.4 is 10.6 Å². The number of nitrogens with zero attached hydrogens (tertiary/aromatic N) is 5. The van der Waals surface area contributed by atoms with Gasteiger partial charge < -0.3 is 20.8 Å². The average molecular weight is 448 g/mol. The van der Waals surface area contributed by atoms with E-state index >= 15 is 0 Å². The van der Waals surface area contributed by atoms with Crippen LogP contribution in [-0.4, -0.2) is 53.5 Å². The lowest BCUT2D eigenvalue weighted by molar-refractivity contribution is 0.132. The van der Waals surface area contributed by atoms with Gasteiger partial charge in [0.25, 0.3) is 0 Å². The standard InChI is InChI=1S/C24H29N7O2/c1-15(2)19-13-27-31-22(19)29-23(28-21(14-32)16(3)33)30-24(31)26-12-17-9-10-20(25-11-17)18-7-5-4-6-8-18/h4-11,13,15-16,21,32-33H,12,14H2,1-3H3,(H2,26,28,29,30)/t16-,21-/m1/s1. The number of nitrogens with one attached hydrogen (secondary N) is 2. The van der Waals surface area contributed by atoms with Crippen molar-refractivity contribution in [2.24, 2.45) is 0 Å². The van der Waals surface area contributed by atoms with Crippen molar-refractivity contribution < 1.29 is 10.2 Å². The average Bonchev–Trinajstić information content (AvgIpc) is 3.26. The Morgan fingerprint density at radius 2 is 1.79 bits per heavy atom. The minimum Gasteiger partial charge on any atom is -0.394 e. The van der Waals surface area contributed by atoms with E-state index in [1.807, 2.05) is 48.7 Å². The third kappa shape index (κ3) is 5.10. The third-order valence-electron chi connectivity index (χ3n) is 5.46. The SMILES string of the molecule is CC(C)c1cnn2c(NCc3ccc(-c4ccccc4)nc3)nc(N[C@H](CO)[C@@H](C)O)nc12. The molecule has 3 aromatic heterocycles. The molecule has 0 aliphatic carbocycles. The minimum atomic E-state index is -0.769. The van der Waals surface area contributed by atoms with Gasteiger partial charge in [-0.3, -0.25) is 4.98 Å². The summed E-state index contributed by atoms with van der Waals surface area (Å²) in [4.78, 5) is 13.7. The number of aliphatic hydroxyl groups is 2. The smallest absolute Gasteiger partial charge is 0.229 e. The second-order valence-electron chi connectivity index (χ2n) is 8.31. The summed E-state index contributed by atoms with van der Waals surface area (Å²) in [6.07, 6.45) is 2.86. The first-order valence-corrected chi connectivity index (χ1v) is 11.0. The topological polar surface area (TPSA) is 120 Å². The van der Waals surface area contributed by atoms with E-state index in [-0.39, 0.29) is 12.5 Å². The van der Waals surface area contributed by atoms with Crippen LogP contribution in [-0.2, 0) is 6.54 Å². The number of hydrogen-bond acceptors (Lipinski definition) is 8. The number of rotatable bonds is 9. The molecule has 0 saturated heterocycles. The van der Waals surface area contributed by atoms with Crippen molar-refractivity contribution in [3.8, 4) is 11.3 Å². The van der Waals surface area contributed by atoms with Gasteiger partial charge in [0.15, 0.2) is 5.65 Å². The van der Waals surface area contributed by atoms with Crippen LogP contribution in [0.1, 0.15) is 37.8 Å². The van der Waals surface area contributed by atoms with Gasteiger partial charge in [0.2, 0.25) is 11.9 Å². The zero-order chi connectivity index (χ0) is 23.4. The van der Waals surface area contributed by atoms with Gasteiger partial charge >= 0.3 is 0 Å². The van der Waals surface area contributed by atoms with Crippen LogP contribution in [0, 0.1) is 0 Å². The molecule has 9 nitrogen and oxygen atoms in total. The fourth-order valence-corrected chi connectivity index (χ4v) is 3.46. The van der Waals surface area contributed by atoms with Gasteiger partial charge in [0.1, 0.15) is 0 Å². The molecule has 172 valence electrons. The van der Waals surface area contributed by atoms with E-state index in [4.69, 9.17) is 0 Å². The zero-order valence-corrected chi connectivity index (χ0v) is 19.0. The largest absolute Gasteiger partial charge is 0.394 e. The maximum atomic E-state index is 9.90. The van der Waals surface area contributed by atoms with E-state index in [0.29, 0.717) is 24.1 Å². The van der Waals surface area contributed by atoms with Crippen molar-refractivity contribution in [2.45, 2.75) is 45.4 Å². The Balaban J connectivity index is 1.59. The molecule has 3 heterocycles. The number of aromatic nitrogens is 5. The van der Waals surface area contributed by atoms with Crippen molar-refractivity contribution >= 4 is 17.5 Å². The maximum absolute atomic E-state index is 9.90. The third-order valence-corrected chi connectivity index (χ3v) is 5.46. The van der Waals surface area contributed by atoms with Gasteiger partial charge in [0.05, 0.1) is 30.6 Å². The summed E-state index contributed by atoms with van der Waals surface area (Å²) < 4.78 is 1.67. The fraction of sp³-hybridized carbons (Fsp3) is 0.333. The number of hydrogen-bond donors (Lipinski definition) is 4. The molecule has 0 unspecified atom stereocenters. The van der Waals surface area contributed by atoms with Crippen LogP contribution in [0.2, 0.25) is 0 Å². The Morgan fingerprint density at radius 1 is 1.00 bits per heavy atom. The van der Waals surface area contributed by atoms with Crippen molar-refractivity contribution in [1.29, 1.82) is 0 Å². The summed E-state index contributed by atoms with van der Waals surface area (Å²) in [5, 5.41) is 30.3. The lowest BCUT2D eigenvalue weighted by atomic mass is 10.1. The van der Waals surface area contributed by atoms with E-state index in [1.54, 1.807) is 17.6 Å². The summed E-state index contributed by atoms with van der Waals surface area (Å²) >= 11 is 0. The van der Waals surface area contributed by atoms with Gasteiger partial charge in [-0.1, -0.05) is 50.2 Å². The lowest BCUT2D eigenvalue weighted by Crippen LogP contribution is -2.35. The quantitative estimate of drug-likeness (QED) is 0.309. The predicted octanol–water partition coefficient (Wildman–Crippen LogP) is 3.08. The maximum Gasteiger partial charge on any atom is 0.229 e. The number of aliphatic hydroxyl groups excluding tert-OH is 2. The van der Waals surface area contributed by atoms with Crippen molar-refractivity contribution in [3.05, 3.63) is 66.0 Å². The van der Waals surface area contributed by atoms with E-state index < -0.39 is 12.1 Å². The van der Waals surface area contributed by atoms with E-state index in [0.717, 1.165) is 22.4 Å². The molecule has 0 fully saturated rings. The van der Waals surface area contributed by atoms with Gasteiger partial charge in [0, 0.05) is 23.9 Å². The highest BCUT2D eigenvalue weighted by molar-refractivity contribution is 5.59. The highest BCUT2D eigenvalue weighted by Gasteiger charge is 2.19. The molecule has 0 aliphatic heterocycles. The van der Waals surface area contributed by atoms with Crippen LogP contribution in [0.5, 0.6) is 0 Å². The molecule has 33 heavy (non-hydrogen) atoms. The Labute approximate surface area is 192 Å². The second kappa shape index (κ2) is 9.93. The van der Waals surface area contributed by atoms with Gasteiger partial charge in [-0.25, -0.2) is 0 Å². The molecule has 4 aromatic rings. The Morgan fingerprint density at radius 3 is 2.42 bits per heavy atom. The van der Waals surface area contributed by atoms with Gasteiger partial charge in [-0.2, -0.15) is 19.6 Å². The summed E-state index contributed by atoms with van der Waals surface area (Å²) in [6.45, 7) is 6.00. The van der Waals surface area contributed by atoms with E-state index in [2.05, 4.69) is 44.5 Å². The molecule has 1 aromatic carbocycles. The first kappa shape index (κ1) is 22.6. The summed E-state index contributed by atoms with van der Waals surface area (Å²) in [7, 11) is 0. The monoisotopic (exact) mass is 447 g/mol. The highest BCUT2D eigenvalue weighted by Crippen LogP contribution is 2.23. The summed E-state index contributed by atoms with van der Waals surface area (Å²) in [5.41, 5.74) is 4.63. The molecule has 0 amide bonds. The number of benzene rings is 1. The van der Waals surface area contributed by atoms with Crippen LogP contribution in [0.15, 0.2) is 54.9 Å². The normalized spacial score (nSPS) is 13.3. The molecule has 9 heteroatoms. The molecule has 4 rings (SSSR count). The summed E-state index contributed by atoms with van der Waals surface area (Å²) in [5.74, 6) is 1.03. The number of anilines is 2. The molecule has 0 aliphatic rings. The molecule has 0 radical (unpaired) electrons. The predicted molar refractivity (Wildman–Crippen MR) is 128 cm³/mol. The van der Waals surface area contributed by atoms with Crippen molar-refractivity contribution in [3.63, 3.8) is 0 Å².